The van der Waals surface area contributed by atoms with Gasteiger partial charge in [-0.15, -0.1) is 0 Å². The number of ether oxygens (including phenoxy) is 2. The molecular formula is C9H14N2O3. The molecule has 1 saturated heterocycles. The summed E-state index contributed by atoms with van der Waals surface area (Å²) >= 11 is 0. The van der Waals surface area contributed by atoms with Crippen LogP contribution in [0.2, 0.25) is 0 Å². The van der Waals surface area contributed by atoms with Crippen molar-refractivity contribution < 1.29 is 14.0 Å². The Hall–Kier alpha value is -1.23. The summed E-state index contributed by atoms with van der Waals surface area (Å²) in [6.45, 7) is 1.99. The van der Waals surface area contributed by atoms with E-state index in [4.69, 9.17) is 14.0 Å². The van der Waals surface area contributed by atoms with Crippen LogP contribution >= 0.6 is 0 Å². The molecule has 0 saturated carbocycles. The second-order valence-electron chi connectivity index (χ2n) is 3.26. The molecule has 0 bridgehead atoms. The van der Waals surface area contributed by atoms with Crippen molar-refractivity contribution in [2.45, 2.75) is 18.9 Å². The van der Waals surface area contributed by atoms with Gasteiger partial charge in [0.1, 0.15) is 6.10 Å². The van der Waals surface area contributed by atoms with Gasteiger partial charge in [0.25, 0.3) is 5.88 Å². The number of aromatic nitrogens is 1. The van der Waals surface area contributed by atoms with E-state index in [2.05, 4.69) is 10.5 Å². The fourth-order valence-electron chi connectivity index (χ4n) is 1.47. The number of nitrogens with one attached hydrogen (secondary N) is 1. The smallest absolute Gasteiger partial charge is 0.315 e. The van der Waals surface area contributed by atoms with Gasteiger partial charge in [-0.2, -0.15) is 0 Å². The fraction of sp³-hybridized carbons (Fsp3) is 0.667. The van der Waals surface area contributed by atoms with Crippen molar-refractivity contribution in [3.8, 4) is 11.8 Å². The van der Waals surface area contributed by atoms with Gasteiger partial charge in [0.05, 0.1) is 13.2 Å². The molecule has 1 aromatic heterocycles. The minimum absolute atomic E-state index is 0.230. The molecule has 1 N–H and O–H groups in total. The van der Waals surface area contributed by atoms with E-state index in [9.17, 15) is 0 Å². The van der Waals surface area contributed by atoms with Gasteiger partial charge in [-0.3, -0.25) is 0 Å². The maximum Gasteiger partial charge on any atom is 0.315 e. The molecule has 5 heteroatoms. The van der Waals surface area contributed by atoms with Crippen LogP contribution in [0.25, 0.3) is 0 Å². The Labute approximate surface area is 82.4 Å². The third-order valence-electron chi connectivity index (χ3n) is 2.25. The van der Waals surface area contributed by atoms with Crippen LogP contribution in [-0.4, -0.2) is 31.5 Å². The summed E-state index contributed by atoms with van der Waals surface area (Å²) in [5, 5.41) is 6.93. The first-order valence-corrected chi connectivity index (χ1v) is 4.76. The zero-order chi connectivity index (χ0) is 9.80. The molecule has 0 aromatic carbocycles. The van der Waals surface area contributed by atoms with Gasteiger partial charge < -0.3 is 19.3 Å². The lowest BCUT2D eigenvalue weighted by atomic mass is 10.1. The first-order valence-electron chi connectivity index (χ1n) is 4.76. The number of methoxy groups -OCH3 is 1. The second-order valence-corrected chi connectivity index (χ2v) is 3.26. The molecule has 1 aliphatic rings. The van der Waals surface area contributed by atoms with Gasteiger partial charge in [-0.05, 0) is 31.1 Å². The molecule has 0 aliphatic carbocycles. The molecule has 0 amide bonds. The van der Waals surface area contributed by atoms with Crippen LogP contribution in [0.15, 0.2) is 10.6 Å². The molecule has 2 heterocycles. The monoisotopic (exact) mass is 198 g/mol. The van der Waals surface area contributed by atoms with Crippen LogP contribution in [0.5, 0.6) is 11.8 Å². The van der Waals surface area contributed by atoms with Gasteiger partial charge in [0.15, 0.2) is 0 Å². The van der Waals surface area contributed by atoms with E-state index in [-0.39, 0.29) is 6.10 Å². The predicted molar refractivity (Wildman–Crippen MR) is 49.6 cm³/mol. The summed E-state index contributed by atoms with van der Waals surface area (Å²) < 4.78 is 15.4. The standard InChI is InChI=1S/C9H14N2O3/c1-12-8-6-9(14-11-8)13-7-2-4-10-5-3-7/h6-7,10H,2-5H2,1H3. The van der Waals surface area contributed by atoms with Crippen LogP contribution in [0.4, 0.5) is 0 Å². The first kappa shape index (κ1) is 9.33. The SMILES string of the molecule is COc1cc(OC2CCNCC2)on1. The van der Waals surface area contributed by atoms with Crippen molar-refractivity contribution in [1.29, 1.82) is 0 Å². The number of rotatable bonds is 3. The van der Waals surface area contributed by atoms with E-state index in [0.29, 0.717) is 11.8 Å². The zero-order valence-electron chi connectivity index (χ0n) is 8.16. The summed E-state index contributed by atoms with van der Waals surface area (Å²) in [6, 6.07) is 1.65. The van der Waals surface area contributed by atoms with Crippen molar-refractivity contribution in [1.82, 2.24) is 10.5 Å². The summed E-state index contributed by atoms with van der Waals surface area (Å²) in [4.78, 5) is 0. The average Bonchev–Trinajstić information content (AvgIpc) is 2.67. The Bertz CT molecular complexity index is 281. The molecular weight excluding hydrogens is 184 g/mol. The molecule has 1 fully saturated rings. The van der Waals surface area contributed by atoms with E-state index in [1.165, 1.54) is 0 Å². The Balaban J connectivity index is 1.89. The highest BCUT2D eigenvalue weighted by Gasteiger charge is 2.16. The first-order chi connectivity index (χ1) is 6.88. The Morgan fingerprint density at radius 1 is 1.50 bits per heavy atom. The topological polar surface area (TPSA) is 56.5 Å². The molecule has 0 radical (unpaired) electrons. The maximum absolute atomic E-state index is 5.59. The predicted octanol–water partition coefficient (Wildman–Crippen LogP) is 0.814. The molecule has 1 aliphatic heterocycles. The van der Waals surface area contributed by atoms with Crippen LogP contribution in [0.1, 0.15) is 12.8 Å². The van der Waals surface area contributed by atoms with Crippen LogP contribution < -0.4 is 14.8 Å². The van der Waals surface area contributed by atoms with Gasteiger partial charge >= 0.3 is 5.95 Å². The minimum Gasteiger partial charge on any atom is -0.479 e. The fourth-order valence-corrected chi connectivity index (χ4v) is 1.47. The van der Waals surface area contributed by atoms with Gasteiger partial charge in [0, 0.05) is 0 Å². The van der Waals surface area contributed by atoms with E-state index in [1.54, 1.807) is 13.2 Å². The molecule has 0 spiro atoms. The lowest BCUT2D eigenvalue weighted by Gasteiger charge is -2.21. The highest BCUT2D eigenvalue weighted by Crippen LogP contribution is 2.21. The summed E-state index contributed by atoms with van der Waals surface area (Å²) in [7, 11) is 1.55. The molecule has 1 aromatic rings. The van der Waals surface area contributed by atoms with Crippen LogP contribution in [-0.2, 0) is 0 Å². The Morgan fingerprint density at radius 3 is 2.93 bits per heavy atom. The van der Waals surface area contributed by atoms with Crippen molar-refractivity contribution in [3.05, 3.63) is 6.07 Å². The third kappa shape index (κ3) is 2.17. The summed E-state index contributed by atoms with van der Waals surface area (Å²) in [5.41, 5.74) is 0. The minimum atomic E-state index is 0.230. The highest BCUT2D eigenvalue weighted by molar-refractivity contribution is 5.15. The molecule has 14 heavy (non-hydrogen) atoms. The Morgan fingerprint density at radius 2 is 2.29 bits per heavy atom. The van der Waals surface area contributed by atoms with Gasteiger partial charge in [-0.25, -0.2) is 0 Å². The lowest BCUT2D eigenvalue weighted by molar-refractivity contribution is 0.114. The quantitative estimate of drug-likeness (QED) is 0.779. The molecule has 78 valence electrons. The second kappa shape index (κ2) is 4.32. The molecule has 2 rings (SSSR count). The van der Waals surface area contributed by atoms with E-state index in [0.717, 1.165) is 25.9 Å². The zero-order valence-corrected chi connectivity index (χ0v) is 8.16. The lowest BCUT2D eigenvalue weighted by Crippen LogP contribution is -2.34. The van der Waals surface area contributed by atoms with Crippen molar-refractivity contribution in [3.63, 3.8) is 0 Å². The van der Waals surface area contributed by atoms with Crippen molar-refractivity contribution in [2.24, 2.45) is 0 Å². The number of nitrogens with zero attached hydrogens (tertiary/aromatic N) is 1. The Kier molecular flexibility index (Phi) is 2.88. The van der Waals surface area contributed by atoms with E-state index in [1.807, 2.05) is 0 Å². The summed E-state index contributed by atoms with van der Waals surface area (Å²) in [5.74, 6) is 0.891. The average molecular weight is 198 g/mol. The number of hydrogen-bond acceptors (Lipinski definition) is 5. The highest BCUT2D eigenvalue weighted by atomic mass is 16.6. The van der Waals surface area contributed by atoms with E-state index >= 15 is 0 Å². The molecule has 0 unspecified atom stereocenters. The van der Waals surface area contributed by atoms with Crippen molar-refractivity contribution >= 4 is 0 Å². The van der Waals surface area contributed by atoms with Crippen LogP contribution in [0, 0.1) is 0 Å². The van der Waals surface area contributed by atoms with Gasteiger partial charge in [0.2, 0.25) is 0 Å². The van der Waals surface area contributed by atoms with Crippen molar-refractivity contribution in [2.75, 3.05) is 20.2 Å². The van der Waals surface area contributed by atoms with Crippen LogP contribution in [0.3, 0.4) is 0 Å². The number of hydrogen-bond donors (Lipinski definition) is 1. The van der Waals surface area contributed by atoms with Gasteiger partial charge in [-0.1, -0.05) is 0 Å². The normalized spacial score (nSPS) is 18.1. The maximum atomic E-state index is 5.59. The third-order valence-corrected chi connectivity index (χ3v) is 2.25. The molecule has 5 nitrogen and oxygen atoms in total. The molecule has 0 atom stereocenters. The number of piperidine rings is 1. The summed E-state index contributed by atoms with van der Waals surface area (Å²) in [6.07, 6.45) is 2.24. The van der Waals surface area contributed by atoms with E-state index < -0.39 is 0 Å². The largest absolute Gasteiger partial charge is 0.479 e.